The third-order valence-corrected chi connectivity index (χ3v) is 109. The van der Waals surface area contributed by atoms with E-state index in [4.69, 9.17) is 0 Å². The van der Waals surface area contributed by atoms with E-state index in [1.807, 2.05) is 0 Å². The fourth-order valence-corrected chi connectivity index (χ4v) is 219. The van der Waals surface area contributed by atoms with Gasteiger partial charge in [0.1, 0.15) is 0 Å². The van der Waals surface area contributed by atoms with Crippen molar-refractivity contribution in [2.45, 2.75) is 75.3 Å². The van der Waals surface area contributed by atoms with Gasteiger partial charge in [-0.1, -0.05) is 75.3 Å². The predicted molar refractivity (Wildman–Crippen MR) is 93.6 cm³/mol. The van der Waals surface area contributed by atoms with Crippen LogP contribution < -0.4 is 0 Å². The van der Waals surface area contributed by atoms with E-state index >= 15 is 0 Å². The van der Waals surface area contributed by atoms with Gasteiger partial charge >= 0.3 is 0 Å². The Kier molecular flexibility index (Phi) is 4.64. The average Bonchev–Trinajstić information content (AvgIpc) is 2.91. The lowest BCUT2D eigenvalue weighted by molar-refractivity contribution is 0.464. The van der Waals surface area contributed by atoms with Crippen LogP contribution in [0.5, 0.6) is 0 Å². The number of hydrogen-bond donors (Lipinski definition) is 0. The van der Waals surface area contributed by atoms with Crippen LogP contribution in [0.15, 0.2) is 0 Å². The minimum atomic E-state index is -0.429. The van der Waals surface area contributed by atoms with Crippen molar-refractivity contribution in [3.63, 3.8) is 0 Å². The maximum atomic E-state index is 1.76. The van der Waals surface area contributed by atoms with Gasteiger partial charge < -0.3 is 0 Å². The summed E-state index contributed by atoms with van der Waals surface area (Å²) in [4.78, 5) is 0. The van der Waals surface area contributed by atoms with E-state index in [0.29, 0.717) is 17.1 Å². The van der Waals surface area contributed by atoms with Gasteiger partial charge in [-0.15, -0.1) is 0 Å². The first kappa shape index (κ1) is 13.1. The van der Waals surface area contributed by atoms with Crippen molar-refractivity contribution in [3.05, 3.63) is 0 Å². The summed E-state index contributed by atoms with van der Waals surface area (Å²) >= 11 is 0. The molecule has 0 aromatic rings. The van der Waals surface area contributed by atoms with Crippen LogP contribution in [0.3, 0.4) is 0 Å². The van der Waals surface area contributed by atoms with Crippen molar-refractivity contribution in [3.8, 4) is 0 Å². The molecule has 0 aromatic carbocycles. The largest absolute Gasteiger partial charge is 0.0533 e. The predicted octanol–water partition coefficient (Wildman–Crippen LogP) is 0.531. The Morgan fingerprint density at radius 1 is 0.588 bits per heavy atom. The summed E-state index contributed by atoms with van der Waals surface area (Å²) in [6.45, 7) is 0. The Balaban J connectivity index is 1.75. The van der Waals surface area contributed by atoms with Crippen LogP contribution in [0.4, 0.5) is 0 Å². The molecule has 0 N–H and O–H groups in total. The standard InChI is InChI=1S/C12H30Si5/c1-3-7-11(8-4-1)17(15-13-14-16-17)12-9-5-2-6-10-12/h11-12H,1-10,13-16H2. The van der Waals surface area contributed by atoms with E-state index in [1.54, 1.807) is 64.2 Å². The van der Waals surface area contributed by atoms with E-state index in [1.165, 1.54) is 11.1 Å². The van der Waals surface area contributed by atoms with Crippen molar-refractivity contribution >= 4 is 41.3 Å². The van der Waals surface area contributed by atoms with Crippen LogP contribution in [0, 0.1) is 0 Å². The second-order valence-corrected chi connectivity index (χ2v) is 53.5. The maximum Gasteiger partial charge on any atom is 0.0277 e. The first-order chi connectivity index (χ1) is 8.42. The molecule has 2 saturated carbocycles. The van der Waals surface area contributed by atoms with Crippen LogP contribution in [-0.2, 0) is 0 Å². The second kappa shape index (κ2) is 6.03. The molecule has 0 radical (unpaired) electrons. The molecule has 5 heteroatoms. The lowest BCUT2D eigenvalue weighted by Crippen LogP contribution is -2.55. The summed E-state index contributed by atoms with van der Waals surface area (Å²) in [7, 11) is 2.39. The summed E-state index contributed by atoms with van der Waals surface area (Å²) in [5.74, 6) is 0. The molecule has 0 atom stereocenters. The zero-order valence-electron chi connectivity index (χ0n) is 11.6. The van der Waals surface area contributed by atoms with Crippen molar-refractivity contribution in [1.82, 2.24) is 0 Å². The normalized spacial score (nSPS) is 37.4. The van der Waals surface area contributed by atoms with Gasteiger partial charge in [0.2, 0.25) is 0 Å². The molecule has 1 aliphatic heterocycles. The van der Waals surface area contributed by atoms with Crippen LogP contribution in [0.1, 0.15) is 64.2 Å². The molecule has 0 spiro atoms. The SMILES string of the molecule is C1CCC([Si]2(C3CCCCC3)[SiH2][SiH2][SiH2][SiH2]2)CC1. The molecule has 1 saturated heterocycles. The summed E-state index contributed by atoms with van der Waals surface area (Å²) in [6.07, 6.45) is 16.8. The van der Waals surface area contributed by atoms with Crippen LogP contribution >= 0.6 is 0 Å². The van der Waals surface area contributed by atoms with E-state index in [0.717, 1.165) is 17.1 Å². The summed E-state index contributed by atoms with van der Waals surface area (Å²) in [6, 6.07) is 0. The lowest BCUT2D eigenvalue weighted by atomic mass is 9.99. The Bertz CT molecular complexity index is 219. The Labute approximate surface area is 116 Å². The van der Waals surface area contributed by atoms with Gasteiger partial charge in [-0.2, -0.15) is 0 Å². The molecule has 2 aliphatic carbocycles. The monoisotopic (exact) mass is 314 g/mol. The van der Waals surface area contributed by atoms with Crippen LogP contribution in [0.2, 0.25) is 11.1 Å². The Morgan fingerprint density at radius 2 is 1.00 bits per heavy atom. The average molecular weight is 315 g/mol. The molecular weight excluding hydrogens is 285 g/mol. The minimum absolute atomic E-state index is 0.429. The van der Waals surface area contributed by atoms with Gasteiger partial charge in [0.15, 0.2) is 0 Å². The van der Waals surface area contributed by atoms with Crippen molar-refractivity contribution in [2.24, 2.45) is 0 Å². The van der Waals surface area contributed by atoms with E-state index in [-0.39, 0.29) is 0 Å². The van der Waals surface area contributed by atoms with Gasteiger partial charge in [-0.25, -0.2) is 0 Å². The lowest BCUT2D eigenvalue weighted by Gasteiger charge is -2.46. The number of rotatable bonds is 2. The summed E-state index contributed by atoms with van der Waals surface area (Å²) in [5.41, 5.74) is 2.92. The van der Waals surface area contributed by atoms with Crippen molar-refractivity contribution in [2.75, 3.05) is 0 Å². The first-order valence-electron chi connectivity index (χ1n) is 8.42. The quantitative estimate of drug-likeness (QED) is 0.652. The van der Waals surface area contributed by atoms with Gasteiger partial charge in [0, 0.05) is 7.11 Å². The molecule has 98 valence electrons. The topological polar surface area (TPSA) is 0 Å². The molecule has 3 fully saturated rings. The molecule has 0 aromatic heterocycles. The molecular formula is C12H30Si5. The highest BCUT2D eigenvalue weighted by Gasteiger charge is 2.48. The van der Waals surface area contributed by atoms with Gasteiger partial charge in [-0.05, 0) is 34.2 Å². The molecule has 0 nitrogen and oxygen atoms in total. The van der Waals surface area contributed by atoms with Crippen LogP contribution in [-0.4, -0.2) is 41.3 Å². The van der Waals surface area contributed by atoms with Crippen molar-refractivity contribution < 1.29 is 0 Å². The Morgan fingerprint density at radius 3 is 1.41 bits per heavy atom. The molecule has 3 rings (SSSR count). The fraction of sp³-hybridized carbons (Fsp3) is 1.00. The van der Waals surface area contributed by atoms with E-state index in [9.17, 15) is 0 Å². The van der Waals surface area contributed by atoms with Gasteiger partial charge in [0.05, 0.1) is 0 Å². The number of hydrogen-bond acceptors (Lipinski definition) is 0. The third kappa shape index (κ3) is 2.68. The molecule has 0 bridgehead atoms. The fourth-order valence-electron chi connectivity index (χ4n) is 5.54. The molecule has 0 amide bonds. The van der Waals surface area contributed by atoms with Gasteiger partial charge in [0.25, 0.3) is 0 Å². The highest BCUT2D eigenvalue weighted by Crippen LogP contribution is 2.47. The zero-order chi connectivity index (χ0) is 11.6. The molecule has 1 heterocycles. The maximum absolute atomic E-state index is 1.76. The molecule has 0 unspecified atom stereocenters. The van der Waals surface area contributed by atoms with E-state index < -0.39 is 7.11 Å². The molecule has 3 aliphatic rings. The Hall–Kier alpha value is 1.08. The molecule has 17 heavy (non-hydrogen) atoms. The second-order valence-electron chi connectivity index (χ2n) is 7.11. The van der Waals surface area contributed by atoms with Gasteiger partial charge in [-0.3, -0.25) is 0 Å². The highest BCUT2D eigenvalue weighted by atomic mass is 30.1. The first-order valence-corrected chi connectivity index (χ1v) is 27.2. The van der Waals surface area contributed by atoms with Crippen LogP contribution in [0.25, 0.3) is 0 Å². The van der Waals surface area contributed by atoms with Crippen molar-refractivity contribution in [1.29, 1.82) is 0 Å². The third-order valence-electron chi connectivity index (χ3n) is 6.37. The highest BCUT2D eigenvalue weighted by molar-refractivity contribution is 7.86. The summed E-state index contributed by atoms with van der Waals surface area (Å²) in [5, 5.41) is 0. The summed E-state index contributed by atoms with van der Waals surface area (Å²) < 4.78 is 0. The minimum Gasteiger partial charge on any atom is -0.0533 e. The zero-order valence-corrected chi connectivity index (χ0v) is 18.2. The smallest absolute Gasteiger partial charge is 0.0277 e. The van der Waals surface area contributed by atoms with E-state index in [2.05, 4.69) is 0 Å².